The maximum atomic E-state index is 13.6. The number of carbonyl (C=O) groups is 1. The smallest absolute Gasteiger partial charge is 0.303 e. The van der Waals surface area contributed by atoms with Gasteiger partial charge in [0.25, 0.3) is 0 Å². The molecule has 0 bridgehead atoms. The molecule has 0 saturated carbocycles. The summed E-state index contributed by atoms with van der Waals surface area (Å²) in [6.45, 7) is 5.90. The van der Waals surface area contributed by atoms with Crippen molar-refractivity contribution in [3.63, 3.8) is 0 Å². The van der Waals surface area contributed by atoms with Crippen molar-refractivity contribution in [1.82, 2.24) is 14.5 Å². The van der Waals surface area contributed by atoms with Gasteiger partial charge in [-0.1, -0.05) is 25.6 Å². The molecule has 0 radical (unpaired) electrons. The maximum Gasteiger partial charge on any atom is 0.303 e. The lowest BCUT2D eigenvalue weighted by Crippen LogP contribution is -2.12. The molecule has 0 N–H and O–H groups in total. The van der Waals surface area contributed by atoms with Crippen LogP contribution >= 0.6 is 11.8 Å². The van der Waals surface area contributed by atoms with E-state index in [1.807, 2.05) is 30.5 Å². The molecule has 2 aromatic heterocycles. The highest BCUT2D eigenvalue weighted by Crippen LogP contribution is 2.35. The molecule has 2 heterocycles. The van der Waals surface area contributed by atoms with Gasteiger partial charge in [0.05, 0.1) is 5.69 Å². The number of halogens is 2. The molecule has 152 valence electrons. The third-order valence-electron chi connectivity index (χ3n) is 4.14. The van der Waals surface area contributed by atoms with E-state index >= 15 is 0 Å². The number of imidazole rings is 1. The van der Waals surface area contributed by atoms with Crippen LogP contribution in [-0.2, 0) is 22.7 Å². The number of aromatic nitrogens is 3. The molecule has 3 aromatic rings. The largest absolute Gasteiger partial charge is 0.458 e. The summed E-state index contributed by atoms with van der Waals surface area (Å²) in [4.78, 5) is 20.4. The number of ether oxygens (including phenoxy) is 1. The summed E-state index contributed by atoms with van der Waals surface area (Å²) in [6, 6.07) is 7.17. The van der Waals surface area contributed by atoms with Gasteiger partial charge >= 0.3 is 5.97 Å². The van der Waals surface area contributed by atoms with Crippen LogP contribution in [0.25, 0.3) is 0 Å². The minimum atomic E-state index is -0.644. The van der Waals surface area contributed by atoms with Crippen LogP contribution in [0, 0.1) is 11.6 Å². The van der Waals surface area contributed by atoms with E-state index in [-0.39, 0.29) is 12.5 Å². The zero-order valence-corrected chi connectivity index (χ0v) is 17.2. The molecule has 8 heteroatoms. The van der Waals surface area contributed by atoms with Crippen LogP contribution in [-0.4, -0.2) is 20.5 Å². The van der Waals surface area contributed by atoms with E-state index in [0.717, 1.165) is 17.3 Å². The van der Waals surface area contributed by atoms with Crippen molar-refractivity contribution < 1.29 is 18.3 Å². The zero-order valence-electron chi connectivity index (χ0n) is 16.4. The molecule has 0 aliphatic rings. The molecule has 5 nitrogen and oxygen atoms in total. The van der Waals surface area contributed by atoms with Gasteiger partial charge in [0.2, 0.25) is 0 Å². The normalized spacial score (nSPS) is 11.1. The molecule has 0 atom stereocenters. The van der Waals surface area contributed by atoms with E-state index in [4.69, 9.17) is 4.74 Å². The monoisotopic (exact) mass is 417 g/mol. The van der Waals surface area contributed by atoms with Crippen molar-refractivity contribution in [2.75, 3.05) is 0 Å². The molecular weight excluding hydrogens is 396 g/mol. The molecule has 0 saturated heterocycles. The van der Waals surface area contributed by atoms with Gasteiger partial charge in [-0.15, -0.1) is 0 Å². The van der Waals surface area contributed by atoms with Gasteiger partial charge in [0.15, 0.2) is 0 Å². The minimum absolute atomic E-state index is 0.0121. The van der Waals surface area contributed by atoms with Gasteiger partial charge in [-0.3, -0.25) is 9.78 Å². The Labute approximate surface area is 172 Å². The van der Waals surface area contributed by atoms with Crippen molar-refractivity contribution in [3.05, 3.63) is 71.4 Å². The highest BCUT2D eigenvalue weighted by molar-refractivity contribution is 7.99. The van der Waals surface area contributed by atoms with Crippen LogP contribution in [0.2, 0.25) is 0 Å². The zero-order chi connectivity index (χ0) is 21.0. The third-order valence-corrected chi connectivity index (χ3v) is 5.11. The molecule has 3 rings (SSSR count). The van der Waals surface area contributed by atoms with Crippen LogP contribution in [0.15, 0.2) is 52.6 Å². The predicted molar refractivity (Wildman–Crippen MR) is 106 cm³/mol. The lowest BCUT2D eigenvalue weighted by Gasteiger charge is -2.15. The average Bonchev–Trinajstić information content (AvgIpc) is 2.97. The SMILES string of the molecule is CC(=O)OCc1nc(Sc2cc(F)cc(F)c2)c(C(C)C)n1Cc1ccncc1. The Morgan fingerprint density at radius 2 is 1.83 bits per heavy atom. The molecule has 1 aromatic carbocycles. The standard InChI is InChI=1S/C21H21F2N3O2S/c1-13(2)20-21(29-18-9-16(22)8-17(23)10-18)25-19(12-28-14(3)27)26(20)11-15-4-6-24-7-5-15/h4-10,13H,11-12H2,1-3H3. The first-order valence-corrected chi connectivity index (χ1v) is 9.90. The lowest BCUT2D eigenvalue weighted by molar-refractivity contribution is -0.142. The summed E-state index contributed by atoms with van der Waals surface area (Å²) in [6.07, 6.45) is 3.41. The van der Waals surface area contributed by atoms with E-state index < -0.39 is 17.6 Å². The molecule has 0 aliphatic carbocycles. The number of nitrogens with zero attached hydrogens (tertiary/aromatic N) is 3. The number of hydrogen-bond donors (Lipinski definition) is 0. The van der Waals surface area contributed by atoms with Gasteiger partial charge in [-0.2, -0.15) is 0 Å². The molecule has 0 amide bonds. The summed E-state index contributed by atoms with van der Waals surface area (Å²) in [7, 11) is 0. The van der Waals surface area contributed by atoms with Crippen molar-refractivity contribution in [1.29, 1.82) is 0 Å². The van der Waals surface area contributed by atoms with Crippen LogP contribution in [0.3, 0.4) is 0 Å². The second-order valence-corrected chi connectivity index (χ2v) is 7.86. The minimum Gasteiger partial charge on any atom is -0.458 e. The van der Waals surface area contributed by atoms with Crippen LogP contribution in [0.4, 0.5) is 8.78 Å². The molecular formula is C21H21F2N3O2S. The fraction of sp³-hybridized carbons (Fsp3) is 0.286. The Morgan fingerprint density at radius 3 is 2.41 bits per heavy atom. The first kappa shape index (κ1) is 21.0. The van der Waals surface area contributed by atoms with Crippen LogP contribution in [0.5, 0.6) is 0 Å². The summed E-state index contributed by atoms with van der Waals surface area (Å²) in [5.41, 5.74) is 1.91. The highest BCUT2D eigenvalue weighted by atomic mass is 32.2. The number of carbonyl (C=O) groups excluding carboxylic acids is 1. The summed E-state index contributed by atoms with van der Waals surface area (Å²) >= 11 is 1.19. The summed E-state index contributed by atoms with van der Waals surface area (Å²) < 4.78 is 34.4. The highest BCUT2D eigenvalue weighted by Gasteiger charge is 2.22. The van der Waals surface area contributed by atoms with E-state index in [2.05, 4.69) is 9.97 Å². The predicted octanol–water partition coefficient (Wildman–Crippen LogP) is 4.94. The third kappa shape index (κ3) is 5.41. The summed E-state index contributed by atoms with van der Waals surface area (Å²) in [5.74, 6) is -1.04. The van der Waals surface area contributed by atoms with Crippen molar-refractivity contribution >= 4 is 17.7 Å². The van der Waals surface area contributed by atoms with E-state index in [0.29, 0.717) is 22.3 Å². The van der Waals surface area contributed by atoms with Gasteiger partial charge in [0, 0.05) is 36.8 Å². The number of pyridine rings is 1. The lowest BCUT2D eigenvalue weighted by atomic mass is 10.1. The number of benzene rings is 1. The van der Waals surface area contributed by atoms with Gasteiger partial charge in [0.1, 0.15) is 29.1 Å². The number of esters is 1. The number of hydrogen-bond acceptors (Lipinski definition) is 5. The molecule has 0 spiro atoms. The van der Waals surface area contributed by atoms with E-state index in [1.54, 1.807) is 12.4 Å². The molecule has 0 unspecified atom stereocenters. The topological polar surface area (TPSA) is 57.0 Å². The van der Waals surface area contributed by atoms with Gasteiger partial charge in [-0.05, 0) is 35.7 Å². The maximum absolute atomic E-state index is 13.6. The number of rotatable bonds is 7. The van der Waals surface area contributed by atoms with Gasteiger partial charge in [-0.25, -0.2) is 13.8 Å². The fourth-order valence-electron chi connectivity index (χ4n) is 2.95. The average molecular weight is 417 g/mol. The van der Waals surface area contributed by atoms with Crippen molar-refractivity contribution in [2.24, 2.45) is 0 Å². The Morgan fingerprint density at radius 1 is 1.17 bits per heavy atom. The molecule has 0 aliphatic heterocycles. The Bertz CT molecular complexity index is 986. The van der Waals surface area contributed by atoms with Crippen LogP contribution in [0.1, 0.15) is 43.8 Å². The first-order valence-electron chi connectivity index (χ1n) is 9.09. The molecule has 0 fully saturated rings. The second-order valence-electron chi connectivity index (χ2n) is 6.80. The van der Waals surface area contributed by atoms with Crippen molar-refractivity contribution in [2.45, 2.75) is 49.8 Å². The summed E-state index contributed by atoms with van der Waals surface area (Å²) in [5, 5.41) is 0.626. The Kier molecular flexibility index (Phi) is 6.64. The second kappa shape index (κ2) is 9.17. The van der Waals surface area contributed by atoms with Gasteiger partial charge < -0.3 is 9.30 Å². The van der Waals surface area contributed by atoms with Crippen LogP contribution < -0.4 is 0 Å². The Hall–Kier alpha value is -2.74. The molecule has 29 heavy (non-hydrogen) atoms. The quantitative estimate of drug-likeness (QED) is 0.510. The van der Waals surface area contributed by atoms with E-state index in [1.165, 1.54) is 30.8 Å². The van der Waals surface area contributed by atoms with E-state index in [9.17, 15) is 13.6 Å². The fourth-order valence-corrected chi connectivity index (χ4v) is 4.11. The Balaban J connectivity index is 2.04. The first-order chi connectivity index (χ1) is 13.8. The van der Waals surface area contributed by atoms with Crippen molar-refractivity contribution in [3.8, 4) is 0 Å².